The van der Waals surface area contributed by atoms with Crippen LogP contribution in [0.25, 0.3) is 0 Å². The average molecular weight is 379 g/mol. The third-order valence-electron chi connectivity index (χ3n) is 3.19. The van der Waals surface area contributed by atoms with Crippen molar-refractivity contribution in [1.82, 2.24) is 10.0 Å². The maximum atomic E-state index is 12.4. The van der Waals surface area contributed by atoms with Gasteiger partial charge in [0.15, 0.2) is 0 Å². The number of methoxy groups -OCH3 is 1. The first kappa shape index (κ1) is 18.6. The fraction of sp³-hybridized carbons (Fsp3) is 0.571. The number of halogens is 1. The zero-order valence-electron chi connectivity index (χ0n) is 12.9. The Balaban J connectivity index is 3.06. The molecule has 5 nitrogen and oxygen atoms in total. The first-order valence-corrected chi connectivity index (χ1v) is 9.11. The van der Waals surface area contributed by atoms with E-state index in [-0.39, 0.29) is 12.6 Å². The number of benzene rings is 1. The summed E-state index contributed by atoms with van der Waals surface area (Å²) in [5.74, 6) is 0. The highest BCUT2D eigenvalue weighted by molar-refractivity contribution is 9.10. The molecule has 0 saturated carbocycles. The molecule has 0 amide bonds. The van der Waals surface area contributed by atoms with Crippen LogP contribution >= 0.6 is 15.9 Å². The van der Waals surface area contributed by atoms with Crippen LogP contribution in [-0.2, 0) is 21.3 Å². The Morgan fingerprint density at radius 3 is 2.62 bits per heavy atom. The van der Waals surface area contributed by atoms with Gasteiger partial charge in [0.2, 0.25) is 10.0 Å². The van der Waals surface area contributed by atoms with Crippen LogP contribution in [0.1, 0.15) is 25.0 Å². The molecule has 1 aromatic carbocycles. The molecule has 1 atom stereocenters. The van der Waals surface area contributed by atoms with Crippen molar-refractivity contribution in [3.63, 3.8) is 0 Å². The molecule has 0 bridgehead atoms. The number of nitrogens with one attached hydrogen (secondary N) is 2. The van der Waals surface area contributed by atoms with Crippen molar-refractivity contribution in [2.75, 3.05) is 20.2 Å². The van der Waals surface area contributed by atoms with E-state index in [2.05, 4.69) is 26.0 Å². The van der Waals surface area contributed by atoms with Crippen molar-refractivity contribution in [2.24, 2.45) is 0 Å². The van der Waals surface area contributed by atoms with Crippen LogP contribution in [0, 0.1) is 6.92 Å². The Hall–Kier alpha value is -0.470. The molecule has 7 heteroatoms. The van der Waals surface area contributed by atoms with E-state index in [9.17, 15) is 8.42 Å². The zero-order valence-corrected chi connectivity index (χ0v) is 15.3. The summed E-state index contributed by atoms with van der Waals surface area (Å²) >= 11 is 3.43. The summed E-state index contributed by atoms with van der Waals surface area (Å²) in [7, 11) is -2.00. The predicted molar refractivity (Wildman–Crippen MR) is 87.9 cm³/mol. The van der Waals surface area contributed by atoms with E-state index in [1.54, 1.807) is 20.1 Å². The molecule has 0 aromatic heterocycles. The highest BCUT2D eigenvalue weighted by Crippen LogP contribution is 2.25. The van der Waals surface area contributed by atoms with Crippen molar-refractivity contribution in [3.8, 4) is 0 Å². The Labute approximate surface area is 135 Å². The minimum atomic E-state index is -3.55. The lowest BCUT2D eigenvalue weighted by molar-refractivity contribution is 0.122. The Morgan fingerprint density at radius 1 is 1.38 bits per heavy atom. The minimum absolute atomic E-state index is 0.173. The van der Waals surface area contributed by atoms with E-state index < -0.39 is 10.0 Å². The van der Waals surface area contributed by atoms with Crippen molar-refractivity contribution < 1.29 is 13.2 Å². The molecule has 0 aliphatic rings. The van der Waals surface area contributed by atoms with Gasteiger partial charge < -0.3 is 10.1 Å². The second-order valence-corrected chi connectivity index (χ2v) is 7.47. The quantitative estimate of drug-likeness (QED) is 0.727. The Kier molecular flexibility index (Phi) is 7.29. The van der Waals surface area contributed by atoms with Gasteiger partial charge in [-0.05, 0) is 43.7 Å². The topological polar surface area (TPSA) is 67.4 Å². The van der Waals surface area contributed by atoms with Gasteiger partial charge in [0.05, 0.1) is 11.0 Å². The third kappa shape index (κ3) is 5.34. The monoisotopic (exact) mass is 378 g/mol. The highest BCUT2D eigenvalue weighted by Gasteiger charge is 2.20. The standard InChI is InChI=1S/C14H23BrN2O3S/c1-5-16-9-12-6-13(15)11(3)14(7-12)21(18,19)17-8-10(2)20-4/h6-7,10,16-17H,5,8-9H2,1-4H3. The zero-order chi connectivity index (χ0) is 16.0. The summed E-state index contributed by atoms with van der Waals surface area (Å²) in [5, 5.41) is 3.19. The van der Waals surface area contributed by atoms with Crippen LogP contribution in [0.5, 0.6) is 0 Å². The number of hydrogen-bond acceptors (Lipinski definition) is 4. The largest absolute Gasteiger partial charge is 0.380 e. The normalized spacial score (nSPS) is 13.4. The van der Waals surface area contributed by atoms with Crippen LogP contribution in [0.4, 0.5) is 0 Å². The molecule has 120 valence electrons. The Morgan fingerprint density at radius 2 is 2.05 bits per heavy atom. The Bertz CT molecular complexity index is 576. The van der Waals surface area contributed by atoms with Gasteiger partial charge in [-0.15, -0.1) is 0 Å². The first-order valence-electron chi connectivity index (χ1n) is 6.84. The summed E-state index contributed by atoms with van der Waals surface area (Å²) in [6.07, 6.45) is -0.173. The van der Waals surface area contributed by atoms with Gasteiger partial charge in [0, 0.05) is 24.7 Å². The molecule has 1 aromatic rings. The molecular formula is C14H23BrN2O3S. The lowest BCUT2D eigenvalue weighted by Crippen LogP contribution is -2.32. The lowest BCUT2D eigenvalue weighted by Gasteiger charge is -2.15. The van der Waals surface area contributed by atoms with Crippen LogP contribution in [0.3, 0.4) is 0 Å². The van der Waals surface area contributed by atoms with E-state index in [1.807, 2.05) is 19.9 Å². The van der Waals surface area contributed by atoms with Crippen LogP contribution in [0.15, 0.2) is 21.5 Å². The summed E-state index contributed by atoms with van der Waals surface area (Å²) in [6, 6.07) is 3.65. The van der Waals surface area contributed by atoms with Gasteiger partial charge in [0.25, 0.3) is 0 Å². The highest BCUT2D eigenvalue weighted by atomic mass is 79.9. The van der Waals surface area contributed by atoms with E-state index >= 15 is 0 Å². The molecule has 0 spiro atoms. The van der Waals surface area contributed by atoms with Crippen LogP contribution in [-0.4, -0.2) is 34.7 Å². The molecule has 21 heavy (non-hydrogen) atoms. The molecule has 0 heterocycles. The number of ether oxygens (including phenoxy) is 1. The molecule has 2 N–H and O–H groups in total. The predicted octanol–water partition coefficient (Wildman–Crippen LogP) is 2.18. The molecule has 1 rings (SSSR count). The number of sulfonamides is 1. The lowest BCUT2D eigenvalue weighted by atomic mass is 10.1. The maximum Gasteiger partial charge on any atom is 0.240 e. The molecular weight excluding hydrogens is 356 g/mol. The fourth-order valence-electron chi connectivity index (χ4n) is 1.75. The third-order valence-corrected chi connectivity index (χ3v) is 5.56. The summed E-state index contributed by atoms with van der Waals surface area (Å²) in [4.78, 5) is 0.299. The molecule has 1 unspecified atom stereocenters. The van der Waals surface area contributed by atoms with Gasteiger partial charge in [-0.2, -0.15) is 0 Å². The molecule has 0 aliphatic carbocycles. The number of rotatable bonds is 8. The minimum Gasteiger partial charge on any atom is -0.380 e. The van der Waals surface area contributed by atoms with Crippen molar-refractivity contribution >= 4 is 26.0 Å². The van der Waals surface area contributed by atoms with Crippen molar-refractivity contribution in [2.45, 2.75) is 38.3 Å². The summed E-state index contributed by atoms with van der Waals surface area (Å²) in [5.41, 5.74) is 1.63. The SMILES string of the molecule is CCNCc1cc(Br)c(C)c(S(=O)(=O)NCC(C)OC)c1. The molecule has 0 radical (unpaired) electrons. The average Bonchev–Trinajstić information content (AvgIpc) is 2.45. The van der Waals surface area contributed by atoms with E-state index in [1.165, 1.54) is 0 Å². The van der Waals surface area contributed by atoms with Crippen molar-refractivity contribution in [3.05, 3.63) is 27.7 Å². The molecule has 0 aliphatic heterocycles. The summed E-state index contributed by atoms with van der Waals surface area (Å²) in [6.45, 7) is 7.31. The summed E-state index contributed by atoms with van der Waals surface area (Å²) < 4.78 is 33.3. The first-order chi connectivity index (χ1) is 9.81. The van der Waals surface area contributed by atoms with E-state index in [0.717, 1.165) is 16.6 Å². The second-order valence-electron chi connectivity index (χ2n) is 4.88. The van der Waals surface area contributed by atoms with Crippen LogP contribution < -0.4 is 10.0 Å². The second kappa shape index (κ2) is 8.24. The van der Waals surface area contributed by atoms with Gasteiger partial charge in [-0.1, -0.05) is 22.9 Å². The fourth-order valence-corrected chi connectivity index (χ4v) is 3.81. The van der Waals surface area contributed by atoms with Gasteiger partial charge >= 0.3 is 0 Å². The van der Waals surface area contributed by atoms with E-state index in [4.69, 9.17) is 4.74 Å². The molecule has 0 fully saturated rings. The maximum absolute atomic E-state index is 12.4. The van der Waals surface area contributed by atoms with Gasteiger partial charge in [-0.25, -0.2) is 13.1 Å². The van der Waals surface area contributed by atoms with Crippen LogP contribution in [0.2, 0.25) is 0 Å². The molecule has 0 saturated heterocycles. The van der Waals surface area contributed by atoms with Crippen molar-refractivity contribution in [1.29, 1.82) is 0 Å². The van der Waals surface area contributed by atoms with Gasteiger partial charge in [0.1, 0.15) is 0 Å². The number of hydrogen-bond donors (Lipinski definition) is 2. The van der Waals surface area contributed by atoms with E-state index in [0.29, 0.717) is 17.0 Å². The van der Waals surface area contributed by atoms with Gasteiger partial charge in [-0.3, -0.25) is 0 Å². The smallest absolute Gasteiger partial charge is 0.240 e.